The Bertz CT molecular complexity index is 763. The van der Waals surface area contributed by atoms with Crippen LogP contribution in [0.2, 0.25) is 0 Å². The summed E-state index contributed by atoms with van der Waals surface area (Å²) in [6.45, 7) is 3.18. The van der Waals surface area contributed by atoms with Crippen molar-refractivity contribution >= 4 is 17.5 Å². The lowest BCUT2D eigenvalue weighted by atomic mass is 10.1. The molecule has 2 aromatic carbocycles. The zero-order chi connectivity index (χ0) is 20.4. The third-order valence-corrected chi connectivity index (χ3v) is 4.20. The van der Waals surface area contributed by atoms with Gasteiger partial charge < -0.3 is 15.4 Å². The number of carbonyl (C=O) groups excluding carboxylic acids is 2. The summed E-state index contributed by atoms with van der Waals surface area (Å²) in [6.07, 6.45) is 0.621. The Balaban J connectivity index is 1.73. The van der Waals surface area contributed by atoms with Crippen molar-refractivity contribution in [2.24, 2.45) is 0 Å². The monoisotopic (exact) mass is 387 g/mol. The third kappa shape index (κ3) is 7.36. The van der Waals surface area contributed by atoms with Crippen molar-refractivity contribution in [1.82, 2.24) is 10.2 Å². The lowest BCUT2D eigenvalue weighted by Gasteiger charge is -2.19. The molecule has 0 heterocycles. The predicted molar refractivity (Wildman–Crippen MR) is 107 cm³/mol. The van der Waals surface area contributed by atoms with Crippen molar-refractivity contribution < 1.29 is 18.7 Å². The number of anilines is 1. The number of hydrogen-bond donors (Lipinski definition) is 2. The van der Waals surface area contributed by atoms with E-state index in [2.05, 4.69) is 10.6 Å². The maximum absolute atomic E-state index is 12.9. The van der Waals surface area contributed by atoms with Gasteiger partial charge in [-0.3, -0.25) is 14.5 Å². The normalized spacial score (nSPS) is 10.6. The Kier molecular flexibility index (Phi) is 8.42. The summed E-state index contributed by atoms with van der Waals surface area (Å²) in [5.74, 6) is 0.0946. The molecular formula is C21H26FN3O3. The number of methoxy groups -OCH3 is 1. The molecule has 0 aromatic heterocycles. The highest BCUT2D eigenvalue weighted by Crippen LogP contribution is 2.14. The molecule has 0 fully saturated rings. The van der Waals surface area contributed by atoms with Gasteiger partial charge in [0.1, 0.15) is 11.6 Å². The molecule has 28 heavy (non-hydrogen) atoms. The molecule has 0 bridgehead atoms. The molecule has 6 nitrogen and oxygen atoms in total. The van der Waals surface area contributed by atoms with Gasteiger partial charge in [0, 0.05) is 12.2 Å². The average molecular weight is 387 g/mol. The standard InChI is InChI=1S/C21H26FN3O3/c1-3-25(15-21(27)24-18-8-10-19(28-2)11-9-18)14-20(26)23-13-12-16-4-6-17(22)7-5-16/h4-11H,3,12-15H2,1-2H3,(H,23,26)(H,24,27). The smallest absolute Gasteiger partial charge is 0.238 e. The fraction of sp³-hybridized carbons (Fsp3) is 0.333. The molecule has 0 atom stereocenters. The van der Waals surface area contributed by atoms with E-state index in [0.717, 1.165) is 5.56 Å². The summed E-state index contributed by atoms with van der Waals surface area (Å²) < 4.78 is 18.0. The van der Waals surface area contributed by atoms with Crippen LogP contribution >= 0.6 is 0 Å². The largest absolute Gasteiger partial charge is 0.497 e. The number of hydrogen-bond acceptors (Lipinski definition) is 4. The zero-order valence-corrected chi connectivity index (χ0v) is 16.2. The lowest BCUT2D eigenvalue weighted by molar-refractivity contribution is -0.123. The first-order chi connectivity index (χ1) is 13.5. The molecule has 7 heteroatoms. The van der Waals surface area contributed by atoms with Gasteiger partial charge in [-0.05, 0) is 54.9 Å². The number of likely N-dealkylation sites (N-methyl/N-ethyl adjacent to an activating group) is 1. The molecule has 2 N–H and O–H groups in total. The highest BCUT2D eigenvalue weighted by atomic mass is 19.1. The number of benzene rings is 2. The summed E-state index contributed by atoms with van der Waals surface area (Å²) in [4.78, 5) is 26.1. The van der Waals surface area contributed by atoms with E-state index in [9.17, 15) is 14.0 Å². The quantitative estimate of drug-likeness (QED) is 0.657. The summed E-state index contributed by atoms with van der Waals surface area (Å²) in [5.41, 5.74) is 1.62. The van der Waals surface area contributed by atoms with Crippen LogP contribution in [0.5, 0.6) is 5.75 Å². The van der Waals surface area contributed by atoms with Gasteiger partial charge in [0.05, 0.1) is 20.2 Å². The topological polar surface area (TPSA) is 70.7 Å². The van der Waals surface area contributed by atoms with Crippen molar-refractivity contribution in [1.29, 1.82) is 0 Å². The summed E-state index contributed by atoms with van der Waals surface area (Å²) in [7, 11) is 1.58. The van der Waals surface area contributed by atoms with E-state index in [-0.39, 0.29) is 30.7 Å². The Morgan fingerprint density at radius 1 is 1.00 bits per heavy atom. The third-order valence-electron chi connectivity index (χ3n) is 4.20. The summed E-state index contributed by atoms with van der Waals surface area (Å²) in [5, 5.41) is 5.63. The van der Waals surface area contributed by atoms with Gasteiger partial charge >= 0.3 is 0 Å². The second kappa shape index (κ2) is 11.0. The van der Waals surface area contributed by atoms with E-state index in [4.69, 9.17) is 4.74 Å². The van der Waals surface area contributed by atoms with E-state index in [0.29, 0.717) is 30.9 Å². The molecule has 0 aliphatic heterocycles. The van der Waals surface area contributed by atoms with Crippen molar-refractivity contribution in [3.05, 3.63) is 59.9 Å². The Hall–Kier alpha value is -2.93. The zero-order valence-electron chi connectivity index (χ0n) is 16.2. The molecule has 150 valence electrons. The molecule has 2 aromatic rings. The number of halogens is 1. The summed E-state index contributed by atoms with van der Waals surface area (Å²) in [6, 6.07) is 13.2. The van der Waals surface area contributed by atoms with E-state index in [1.54, 1.807) is 48.4 Å². The highest BCUT2D eigenvalue weighted by Gasteiger charge is 2.13. The predicted octanol–water partition coefficient (Wildman–Crippen LogP) is 2.45. The van der Waals surface area contributed by atoms with Crippen LogP contribution < -0.4 is 15.4 Å². The van der Waals surface area contributed by atoms with Gasteiger partial charge in [-0.1, -0.05) is 19.1 Å². The maximum atomic E-state index is 12.9. The molecule has 0 aliphatic carbocycles. The van der Waals surface area contributed by atoms with Crippen molar-refractivity contribution in [2.75, 3.05) is 38.6 Å². The first kappa shape index (κ1) is 21.4. The van der Waals surface area contributed by atoms with Gasteiger partial charge in [0.25, 0.3) is 0 Å². The van der Waals surface area contributed by atoms with Crippen LogP contribution in [0.4, 0.5) is 10.1 Å². The summed E-state index contributed by atoms with van der Waals surface area (Å²) >= 11 is 0. The van der Waals surface area contributed by atoms with Gasteiger partial charge in [-0.2, -0.15) is 0 Å². The van der Waals surface area contributed by atoms with Crippen molar-refractivity contribution in [3.63, 3.8) is 0 Å². The van der Waals surface area contributed by atoms with Crippen LogP contribution in [0, 0.1) is 5.82 Å². The van der Waals surface area contributed by atoms with Crippen LogP contribution in [-0.4, -0.2) is 50.0 Å². The minimum atomic E-state index is -0.278. The molecule has 0 saturated carbocycles. The fourth-order valence-electron chi connectivity index (χ4n) is 2.61. The number of carbonyl (C=O) groups is 2. The molecule has 2 amide bonds. The van der Waals surface area contributed by atoms with Crippen LogP contribution in [0.1, 0.15) is 12.5 Å². The van der Waals surface area contributed by atoms with Crippen LogP contribution in [0.3, 0.4) is 0 Å². The SMILES string of the molecule is CCN(CC(=O)NCCc1ccc(F)cc1)CC(=O)Nc1ccc(OC)cc1. The van der Waals surface area contributed by atoms with Gasteiger partial charge in [-0.15, -0.1) is 0 Å². The fourth-order valence-corrected chi connectivity index (χ4v) is 2.61. The van der Waals surface area contributed by atoms with Crippen molar-refractivity contribution in [3.8, 4) is 5.75 Å². The van der Waals surface area contributed by atoms with Gasteiger partial charge in [0.2, 0.25) is 11.8 Å². The van der Waals surface area contributed by atoms with E-state index < -0.39 is 0 Å². The number of amides is 2. The Morgan fingerprint density at radius 3 is 2.25 bits per heavy atom. The number of nitrogens with one attached hydrogen (secondary N) is 2. The van der Waals surface area contributed by atoms with Gasteiger partial charge in [-0.25, -0.2) is 4.39 Å². The minimum absolute atomic E-state index is 0.119. The maximum Gasteiger partial charge on any atom is 0.238 e. The van der Waals surface area contributed by atoms with Crippen LogP contribution in [0.25, 0.3) is 0 Å². The highest BCUT2D eigenvalue weighted by molar-refractivity contribution is 5.92. The van der Waals surface area contributed by atoms with Gasteiger partial charge in [0.15, 0.2) is 0 Å². The molecule has 0 radical (unpaired) electrons. The van der Waals surface area contributed by atoms with E-state index in [1.807, 2.05) is 6.92 Å². The first-order valence-corrected chi connectivity index (χ1v) is 9.17. The lowest BCUT2D eigenvalue weighted by Crippen LogP contribution is -2.41. The Morgan fingerprint density at radius 2 is 1.64 bits per heavy atom. The molecule has 0 aliphatic rings. The second-order valence-electron chi connectivity index (χ2n) is 6.31. The number of nitrogens with zero attached hydrogens (tertiary/aromatic N) is 1. The van der Waals surface area contributed by atoms with E-state index >= 15 is 0 Å². The second-order valence-corrected chi connectivity index (χ2v) is 6.31. The Labute approximate surface area is 164 Å². The van der Waals surface area contributed by atoms with E-state index in [1.165, 1.54) is 12.1 Å². The first-order valence-electron chi connectivity index (χ1n) is 9.17. The van der Waals surface area contributed by atoms with Crippen LogP contribution in [-0.2, 0) is 16.0 Å². The van der Waals surface area contributed by atoms with Crippen molar-refractivity contribution in [2.45, 2.75) is 13.3 Å². The molecule has 2 rings (SSSR count). The number of rotatable bonds is 10. The minimum Gasteiger partial charge on any atom is -0.497 e. The molecule has 0 saturated heterocycles. The average Bonchev–Trinajstić information content (AvgIpc) is 2.69. The molecule has 0 unspecified atom stereocenters. The molecule has 0 spiro atoms. The molecular weight excluding hydrogens is 361 g/mol. The number of ether oxygens (including phenoxy) is 1. The van der Waals surface area contributed by atoms with Crippen LogP contribution in [0.15, 0.2) is 48.5 Å².